The van der Waals surface area contributed by atoms with Gasteiger partial charge in [-0.2, -0.15) is 8.42 Å². The van der Waals surface area contributed by atoms with Gasteiger partial charge in [0.05, 0.1) is 24.2 Å². The van der Waals surface area contributed by atoms with E-state index in [0.29, 0.717) is 39.8 Å². The number of halogens is 3. The predicted octanol–water partition coefficient (Wildman–Crippen LogP) is 6.48. The molecule has 1 heterocycles. The third-order valence-electron chi connectivity index (χ3n) is 5.93. The van der Waals surface area contributed by atoms with Crippen LogP contribution < -0.4 is 19.0 Å². The summed E-state index contributed by atoms with van der Waals surface area (Å²) < 4.78 is 43.6. The predicted molar refractivity (Wildman–Crippen MR) is 167 cm³/mol. The van der Waals surface area contributed by atoms with Gasteiger partial charge < -0.3 is 13.7 Å². The number of benzene rings is 3. The molecular weight excluding hydrogens is 732 g/mol. The lowest BCUT2D eigenvalue weighted by molar-refractivity contribution is -0.130. The maximum absolute atomic E-state index is 13.5. The maximum atomic E-state index is 13.5. The number of urea groups is 1. The van der Waals surface area contributed by atoms with E-state index in [1.54, 1.807) is 18.2 Å². The second-order valence-electron chi connectivity index (χ2n) is 9.07. The van der Waals surface area contributed by atoms with Crippen molar-refractivity contribution in [3.63, 3.8) is 0 Å². The van der Waals surface area contributed by atoms with Gasteiger partial charge in [-0.1, -0.05) is 40.5 Å². The number of carbonyl (C=O) groups is 3. The fourth-order valence-corrected chi connectivity index (χ4v) is 6.50. The number of imide groups is 2. The second kappa shape index (κ2) is 13.9. The molecule has 43 heavy (non-hydrogen) atoms. The minimum Gasteiger partial charge on any atom is -0.490 e. The number of barbiturate groups is 1. The lowest BCUT2D eigenvalue weighted by atomic mass is 10.1. The summed E-state index contributed by atoms with van der Waals surface area (Å²) in [6, 6.07) is 12.5. The molecule has 0 atom stereocenters. The van der Waals surface area contributed by atoms with Gasteiger partial charge in [-0.15, -0.1) is 0 Å². The summed E-state index contributed by atoms with van der Waals surface area (Å²) in [6.07, 6.45) is 1.96. The van der Waals surface area contributed by atoms with Crippen molar-refractivity contribution in [2.75, 3.05) is 13.2 Å². The van der Waals surface area contributed by atoms with E-state index < -0.39 is 33.5 Å². The molecule has 0 spiro atoms. The zero-order valence-corrected chi connectivity index (χ0v) is 27.6. The number of nitrogens with one attached hydrogen (secondary N) is 1. The van der Waals surface area contributed by atoms with Gasteiger partial charge in [0.25, 0.3) is 11.8 Å². The van der Waals surface area contributed by atoms with Crippen molar-refractivity contribution in [1.82, 2.24) is 10.2 Å². The van der Waals surface area contributed by atoms with Gasteiger partial charge >= 0.3 is 16.1 Å². The van der Waals surface area contributed by atoms with Gasteiger partial charge in [0.15, 0.2) is 17.2 Å². The fourth-order valence-electron chi connectivity index (χ4n) is 3.96. The number of carbonyl (C=O) groups excluding carboxylic acids is 3. The highest BCUT2D eigenvalue weighted by molar-refractivity contribution is 9.11. The molecule has 0 aromatic heterocycles. The van der Waals surface area contributed by atoms with E-state index in [4.69, 9.17) is 25.3 Å². The maximum Gasteiger partial charge on any atom is 0.339 e. The first-order valence-corrected chi connectivity index (χ1v) is 16.3. The Hall–Kier alpha value is -3.39. The molecule has 1 N–H and O–H groups in total. The van der Waals surface area contributed by atoms with Crippen molar-refractivity contribution in [3.8, 4) is 17.2 Å². The molecular formula is C29H25Br2ClN2O8S. The highest BCUT2D eigenvalue weighted by Crippen LogP contribution is 2.37. The monoisotopic (exact) mass is 754 g/mol. The topological polar surface area (TPSA) is 128 Å². The van der Waals surface area contributed by atoms with E-state index in [1.165, 1.54) is 36.4 Å². The number of nitrogens with zero attached hydrogens (tertiary/aromatic N) is 1. The molecule has 1 aliphatic heterocycles. The van der Waals surface area contributed by atoms with Gasteiger partial charge in [0.2, 0.25) is 0 Å². The van der Waals surface area contributed by atoms with Crippen molar-refractivity contribution in [2.45, 2.75) is 31.7 Å². The van der Waals surface area contributed by atoms with Crippen LogP contribution in [0.4, 0.5) is 4.79 Å². The van der Waals surface area contributed by atoms with Crippen LogP contribution in [0.3, 0.4) is 0 Å². The Morgan fingerprint density at radius 2 is 1.67 bits per heavy atom. The van der Waals surface area contributed by atoms with Gasteiger partial charge in [0, 0.05) is 15.1 Å². The molecule has 0 radical (unpaired) electrons. The first-order valence-electron chi connectivity index (χ1n) is 12.9. The Morgan fingerprint density at radius 3 is 2.35 bits per heavy atom. The molecule has 0 unspecified atom stereocenters. The third-order valence-corrected chi connectivity index (χ3v) is 8.46. The number of amides is 4. The molecule has 3 aromatic rings. The number of hydrogen-bond donors (Lipinski definition) is 1. The smallest absolute Gasteiger partial charge is 0.339 e. The standard InChI is InChI=1S/C29H25Br2ClN2O8S/c1-3-11-41-24-10-5-17(12-25(24)40-4-2)16-34-28(36)22(27(35)33-29(34)37)14-18-13-19(30)15-23(31)26(18)42-43(38,39)21-8-6-20(32)7-9-21/h5-10,12-15H,3-4,11,16H2,1-2H3,(H,33,35,37)/b22-14+. The average molecular weight is 757 g/mol. The molecule has 1 saturated heterocycles. The normalized spacial score (nSPS) is 14.6. The van der Waals surface area contributed by atoms with Crippen LogP contribution in [0.2, 0.25) is 5.02 Å². The number of ether oxygens (including phenoxy) is 2. The summed E-state index contributed by atoms with van der Waals surface area (Å²) in [7, 11) is -4.34. The van der Waals surface area contributed by atoms with E-state index in [-0.39, 0.29) is 27.2 Å². The zero-order chi connectivity index (χ0) is 31.3. The Balaban J connectivity index is 1.68. The minimum absolute atomic E-state index is 0.0719. The summed E-state index contributed by atoms with van der Waals surface area (Å²) in [5.41, 5.74) is 0.210. The van der Waals surface area contributed by atoms with Crippen molar-refractivity contribution in [3.05, 3.63) is 85.3 Å². The quantitative estimate of drug-likeness (QED) is 0.134. The van der Waals surface area contributed by atoms with Crippen LogP contribution in [0.15, 0.2) is 74.0 Å². The highest BCUT2D eigenvalue weighted by atomic mass is 79.9. The van der Waals surface area contributed by atoms with Crippen molar-refractivity contribution in [2.24, 2.45) is 0 Å². The van der Waals surface area contributed by atoms with Crippen molar-refractivity contribution < 1.29 is 36.5 Å². The number of hydrogen-bond acceptors (Lipinski definition) is 8. The van der Waals surface area contributed by atoms with Gasteiger partial charge in [-0.05, 0) is 89.4 Å². The van der Waals surface area contributed by atoms with Gasteiger partial charge in [-0.25, -0.2) is 4.79 Å². The van der Waals surface area contributed by atoms with Crippen LogP contribution in [0, 0.1) is 0 Å². The highest BCUT2D eigenvalue weighted by Gasteiger charge is 2.36. The molecule has 226 valence electrons. The molecule has 1 fully saturated rings. The van der Waals surface area contributed by atoms with Crippen molar-refractivity contribution in [1.29, 1.82) is 0 Å². The SMILES string of the molecule is CCCOc1ccc(CN2C(=O)NC(=O)/C(=C\c3cc(Br)cc(Br)c3OS(=O)(=O)c3ccc(Cl)cc3)C2=O)cc1OCC. The molecule has 4 rings (SSSR count). The summed E-state index contributed by atoms with van der Waals surface area (Å²) in [6.45, 7) is 4.47. The Morgan fingerprint density at radius 1 is 0.953 bits per heavy atom. The summed E-state index contributed by atoms with van der Waals surface area (Å²) >= 11 is 12.5. The largest absolute Gasteiger partial charge is 0.490 e. The lowest BCUT2D eigenvalue weighted by Crippen LogP contribution is -2.53. The molecule has 0 aliphatic carbocycles. The summed E-state index contributed by atoms with van der Waals surface area (Å²) in [5.74, 6) is -1.04. The first kappa shape index (κ1) is 32.5. The van der Waals surface area contributed by atoms with E-state index in [9.17, 15) is 22.8 Å². The van der Waals surface area contributed by atoms with Gasteiger partial charge in [0.1, 0.15) is 10.5 Å². The van der Waals surface area contributed by atoms with E-state index >= 15 is 0 Å². The van der Waals surface area contributed by atoms with Crippen molar-refractivity contribution >= 4 is 77.5 Å². The molecule has 0 bridgehead atoms. The first-order chi connectivity index (χ1) is 20.4. The van der Waals surface area contributed by atoms with Crippen LogP contribution in [-0.2, 0) is 26.3 Å². The van der Waals surface area contributed by atoms with E-state index in [2.05, 4.69) is 37.2 Å². The molecule has 3 aromatic carbocycles. The Labute approximate surface area is 270 Å². The molecule has 1 aliphatic rings. The van der Waals surface area contributed by atoms with E-state index in [0.717, 1.165) is 17.4 Å². The Bertz CT molecular complexity index is 1710. The molecule has 10 nitrogen and oxygen atoms in total. The van der Waals surface area contributed by atoms with Crippen LogP contribution in [0.25, 0.3) is 6.08 Å². The molecule has 4 amide bonds. The third kappa shape index (κ3) is 7.77. The van der Waals surface area contributed by atoms with E-state index in [1.807, 2.05) is 13.8 Å². The Kier molecular flexibility index (Phi) is 10.5. The second-order valence-corrected chi connectivity index (χ2v) is 12.8. The van der Waals surface area contributed by atoms with Crippen LogP contribution in [0.1, 0.15) is 31.4 Å². The number of rotatable bonds is 11. The average Bonchev–Trinajstić information content (AvgIpc) is 2.95. The molecule has 14 heteroatoms. The van der Waals surface area contributed by atoms with Crippen LogP contribution in [0.5, 0.6) is 17.2 Å². The zero-order valence-electron chi connectivity index (χ0n) is 22.9. The van der Waals surface area contributed by atoms with Gasteiger partial charge in [-0.3, -0.25) is 19.8 Å². The minimum atomic E-state index is -4.34. The summed E-state index contributed by atoms with van der Waals surface area (Å²) in [5, 5.41) is 2.50. The fraction of sp³-hybridized carbons (Fsp3) is 0.207. The van der Waals surface area contributed by atoms with Crippen LogP contribution >= 0.6 is 43.5 Å². The lowest BCUT2D eigenvalue weighted by Gasteiger charge is -2.27. The van der Waals surface area contributed by atoms with Crippen LogP contribution in [-0.4, -0.2) is 44.4 Å². The molecule has 0 saturated carbocycles. The summed E-state index contributed by atoms with van der Waals surface area (Å²) in [4.78, 5) is 39.8.